The molecule has 1 unspecified atom stereocenters. The van der Waals surface area contributed by atoms with E-state index in [-0.39, 0.29) is 17.2 Å². The molecule has 2 aromatic heterocycles. The van der Waals surface area contributed by atoms with Crippen LogP contribution in [0.25, 0.3) is 11.5 Å². The van der Waals surface area contributed by atoms with Crippen LogP contribution in [0.2, 0.25) is 0 Å². The highest BCUT2D eigenvalue weighted by Gasteiger charge is 2.16. The molecule has 4 aromatic rings. The number of carbonyl (C=O) groups is 1. The summed E-state index contributed by atoms with van der Waals surface area (Å²) in [5.74, 6) is 0.377. The average Bonchev–Trinajstić information content (AvgIpc) is 3.33. The number of carbonyl (C=O) groups excluding carboxylic acids is 1. The van der Waals surface area contributed by atoms with Crippen molar-refractivity contribution in [3.63, 3.8) is 0 Å². The van der Waals surface area contributed by atoms with Crippen LogP contribution in [0.1, 0.15) is 33.3 Å². The van der Waals surface area contributed by atoms with Crippen molar-refractivity contribution < 1.29 is 13.9 Å². The van der Waals surface area contributed by atoms with E-state index in [0.29, 0.717) is 35.2 Å². The number of nitrogens with zero attached hydrogens (tertiary/aromatic N) is 5. The molecule has 0 saturated carbocycles. The SMILES string of the molecule is CC(Cn1cnnc1-c1cc(Oc2ccc(NC(=O)Nc3cccc(C(C)(C)C)c3)cc2F)ccn1)N(C)C. The summed E-state index contributed by atoms with van der Waals surface area (Å²) in [6.45, 7) is 9.09. The van der Waals surface area contributed by atoms with Crippen LogP contribution in [0.5, 0.6) is 11.5 Å². The number of amides is 2. The summed E-state index contributed by atoms with van der Waals surface area (Å²) in [6, 6.07) is 15.0. The fourth-order valence-electron chi connectivity index (χ4n) is 3.78. The summed E-state index contributed by atoms with van der Waals surface area (Å²) in [7, 11) is 4.02. The molecular weight excluding hydrogens is 497 g/mol. The van der Waals surface area contributed by atoms with Gasteiger partial charge in [0, 0.05) is 42.3 Å². The Bertz CT molecular complexity index is 1450. The molecule has 0 aliphatic heterocycles. The van der Waals surface area contributed by atoms with E-state index < -0.39 is 11.8 Å². The number of benzene rings is 2. The fraction of sp³-hybridized carbons (Fsp3) is 0.310. The minimum absolute atomic E-state index is 0.0127. The van der Waals surface area contributed by atoms with Gasteiger partial charge in [0.25, 0.3) is 0 Å². The van der Waals surface area contributed by atoms with Crippen molar-refractivity contribution in [2.24, 2.45) is 0 Å². The van der Waals surface area contributed by atoms with Gasteiger partial charge >= 0.3 is 6.03 Å². The monoisotopic (exact) mass is 531 g/mol. The first-order valence-electron chi connectivity index (χ1n) is 12.7. The third-order valence-corrected chi connectivity index (χ3v) is 6.32. The Balaban J connectivity index is 1.43. The molecule has 1 atom stereocenters. The number of likely N-dealkylation sites (N-methyl/N-ethyl adjacent to an activating group) is 1. The van der Waals surface area contributed by atoms with Gasteiger partial charge in [-0.25, -0.2) is 9.18 Å². The molecule has 2 amide bonds. The van der Waals surface area contributed by atoms with Crippen LogP contribution >= 0.6 is 0 Å². The lowest BCUT2D eigenvalue weighted by Gasteiger charge is -2.20. The van der Waals surface area contributed by atoms with Crippen LogP contribution < -0.4 is 15.4 Å². The number of hydrogen-bond donors (Lipinski definition) is 2. The standard InChI is InChI=1S/C29H34FN7O2/c1-19(36(5)6)17-37-18-32-35-27(37)25-16-23(12-13-31-25)39-26-11-10-22(15-24(26)30)34-28(38)33-21-9-7-8-20(14-21)29(2,3)4/h7-16,18-19H,17H2,1-6H3,(H2,33,34,38). The Hall–Kier alpha value is -4.31. The van der Waals surface area contributed by atoms with Crippen molar-refractivity contribution in [3.8, 4) is 23.0 Å². The Labute approximate surface area is 228 Å². The second kappa shape index (κ2) is 11.6. The number of halogens is 1. The maximum Gasteiger partial charge on any atom is 0.323 e. The molecule has 0 bridgehead atoms. The number of pyridine rings is 1. The second-order valence-electron chi connectivity index (χ2n) is 10.7. The van der Waals surface area contributed by atoms with E-state index in [1.54, 1.807) is 36.8 Å². The van der Waals surface area contributed by atoms with Gasteiger partial charge in [-0.3, -0.25) is 4.98 Å². The quantitative estimate of drug-likeness (QED) is 0.283. The van der Waals surface area contributed by atoms with Crippen LogP contribution in [0.15, 0.2) is 67.1 Å². The molecule has 0 saturated heterocycles. The summed E-state index contributed by atoms with van der Waals surface area (Å²) >= 11 is 0. The summed E-state index contributed by atoms with van der Waals surface area (Å²) in [5, 5.41) is 13.7. The largest absolute Gasteiger partial charge is 0.454 e. The van der Waals surface area contributed by atoms with Gasteiger partial charge in [-0.15, -0.1) is 10.2 Å². The molecule has 39 heavy (non-hydrogen) atoms. The lowest BCUT2D eigenvalue weighted by atomic mass is 9.87. The molecule has 10 heteroatoms. The van der Waals surface area contributed by atoms with E-state index in [1.807, 2.05) is 36.9 Å². The summed E-state index contributed by atoms with van der Waals surface area (Å²) in [6.07, 6.45) is 3.24. The zero-order valence-corrected chi connectivity index (χ0v) is 23.1. The molecule has 2 N–H and O–H groups in total. The average molecular weight is 532 g/mol. The van der Waals surface area contributed by atoms with Crippen molar-refractivity contribution in [2.45, 2.75) is 45.7 Å². The predicted molar refractivity (Wildman–Crippen MR) is 151 cm³/mol. The van der Waals surface area contributed by atoms with E-state index in [4.69, 9.17) is 4.74 Å². The Morgan fingerprint density at radius 2 is 1.82 bits per heavy atom. The van der Waals surface area contributed by atoms with Crippen molar-refractivity contribution in [3.05, 3.63) is 78.5 Å². The number of aromatic nitrogens is 4. The molecule has 204 valence electrons. The number of ether oxygens (including phenoxy) is 1. The van der Waals surface area contributed by atoms with Crippen LogP contribution in [0.3, 0.4) is 0 Å². The first kappa shape index (κ1) is 27.7. The van der Waals surface area contributed by atoms with Gasteiger partial charge in [0.1, 0.15) is 17.8 Å². The predicted octanol–water partition coefficient (Wildman–Crippen LogP) is 6.16. The zero-order chi connectivity index (χ0) is 28.2. The minimum atomic E-state index is -0.621. The molecule has 9 nitrogen and oxygen atoms in total. The van der Waals surface area contributed by atoms with E-state index in [1.165, 1.54) is 12.1 Å². The molecule has 0 spiro atoms. The fourth-order valence-corrected chi connectivity index (χ4v) is 3.78. The van der Waals surface area contributed by atoms with Crippen LogP contribution in [0.4, 0.5) is 20.6 Å². The third kappa shape index (κ3) is 7.17. The first-order valence-corrected chi connectivity index (χ1v) is 12.7. The van der Waals surface area contributed by atoms with Gasteiger partial charge in [0.15, 0.2) is 17.4 Å². The minimum Gasteiger partial charge on any atom is -0.454 e. The molecule has 0 fully saturated rings. The summed E-state index contributed by atoms with van der Waals surface area (Å²) < 4.78 is 22.6. The highest BCUT2D eigenvalue weighted by Crippen LogP contribution is 2.29. The van der Waals surface area contributed by atoms with Crippen molar-refractivity contribution in [1.29, 1.82) is 0 Å². The van der Waals surface area contributed by atoms with Gasteiger partial charge in [-0.2, -0.15) is 0 Å². The highest BCUT2D eigenvalue weighted by atomic mass is 19.1. The maximum atomic E-state index is 14.9. The number of nitrogens with one attached hydrogen (secondary N) is 2. The van der Waals surface area contributed by atoms with Gasteiger partial charge < -0.3 is 24.8 Å². The molecule has 0 radical (unpaired) electrons. The third-order valence-electron chi connectivity index (χ3n) is 6.32. The van der Waals surface area contributed by atoms with E-state index in [2.05, 4.69) is 58.4 Å². The number of anilines is 2. The van der Waals surface area contributed by atoms with E-state index in [9.17, 15) is 9.18 Å². The maximum absolute atomic E-state index is 14.9. The normalized spacial score (nSPS) is 12.3. The molecule has 0 aliphatic rings. The lowest BCUT2D eigenvalue weighted by molar-refractivity contribution is 0.262. The van der Waals surface area contributed by atoms with Crippen LogP contribution in [-0.2, 0) is 12.0 Å². The number of urea groups is 1. The van der Waals surface area contributed by atoms with Crippen molar-refractivity contribution >= 4 is 17.4 Å². The summed E-state index contributed by atoms with van der Waals surface area (Å²) in [5.41, 5.74) is 2.55. The van der Waals surface area contributed by atoms with Crippen LogP contribution in [0, 0.1) is 5.82 Å². The highest BCUT2D eigenvalue weighted by molar-refractivity contribution is 5.99. The Morgan fingerprint density at radius 1 is 1.08 bits per heavy atom. The van der Waals surface area contributed by atoms with Gasteiger partial charge in [-0.05, 0) is 62.3 Å². The molecule has 2 aromatic carbocycles. The lowest BCUT2D eigenvalue weighted by Crippen LogP contribution is -2.29. The molecular formula is C29H34FN7O2. The van der Waals surface area contributed by atoms with Gasteiger partial charge in [-0.1, -0.05) is 32.9 Å². The number of hydrogen-bond acceptors (Lipinski definition) is 6. The Kier molecular flexibility index (Phi) is 8.25. The zero-order valence-electron chi connectivity index (χ0n) is 23.1. The van der Waals surface area contributed by atoms with Crippen LogP contribution in [-0.4, -0.2) is 50.8 Å². The van der Waals surface area contributed by atoms with Crippen molar-refractivity contribution in [1.82, 2.24) is 24.6 Å². The Morgan fingerprint density at radius 3 is 2.51 bits per heavy atom. The first-order chi connectivity index (χ1) is 18.5. The molecule has 0 aliphatic carbocycles. The van der Waals surface area contributed by atoms with Gasteiger partial charge in [0.05, 0.1) is 0 Å². The number of rotatable bonds is 8. The molecule has 4 rings (SSSR count). The van der Waals surface area contributed by atoms with Gasteiger partial charge in [0.2, 0.25) is 0 Å². The molecule has 2 heterocycles. The summed E-state index contributed by atoms with van der Waals surface area (Å²) in [4.78, 5) is 19.0. The second-order valence-corrected chi connectivity index (χ2v) is 10.7. The van der Waals surface area contributed by atoms with E-state index in [0.717, 1.165) is 5.56 Å². The smallest absolute Gasteiger partial charge is 0.323 e. The topological polar surface area (TPSA) is 97.2 Å². The van der Waals surface area contributed by atoms with E-state index >= 15 is 0 Å². The van der Waals surface area contributed by atoms with Crippen molar-refractivity contribution in [2.75, 3.05) is 24.7 Å².